The van der Waals surface area contributed by atoms with Crippen LogP contribution in [-0.2, 0) is 14.8 Å². The standard InChI is InChI=1S/C8H13ClN2O3S2/c1-3-14-5-4-10-16(12,13)7-6(2)11-8(9)15-7/h10H,3-5H2,1-2H3. The molecule has 8 heteroatoms. The molecule has 0 aliphatic carbocycles. The van der Waals surface area contributed by atoms with Gasteiger partial charge in [-0.3, -0.25) is 0 Å². The summed E-state index contributed by atoms with van der Waals surface area (Å²) in [4.78, 5) is 3.86. The molecule has 5 nitrogen and oxygen atoms in total. The second-order valence-electron chi connectivity index (χ2n) is 2.93. The van der Waals surface area contributed by atoms with Gasteiger partial charge in [0, 0.05) is 13.2 Å². The third-order valence-electron chi connectivity index (χ3n) is 1.71. The van der Waals surface area contributed by atoms with E-state index in [0.717, 1.165) is 11.3 Å². The maximum absolute atomic E-state index is 11.8. The average molecular weight is 285 g/mol. The molecule has 0 amide bonds. The lowest BCUT2D eigenvalue weighted by Gasteiger charge is -2.04. The van der Waals surface area contributed by atoms with Crippen molar-refractivity contribution in [3.8, 4) is 0 Å². The topological polar surface area (TPSA) is 68.3 Å². The minimum Gasteiger partial charge on any atom is -0.380 e. The zero-order valence-corrected chi connectivity index (χ0v) is 11.4. The first-order valence-corrected chi connectivity index (χ1v) is 7.35. The van der Waals surface area contributed by atoms with Crippen molar-refractivity contribution < 1.29 is 13.2 Å². The average Bonchev–Trinajstić information content (AvgIpc) is 2.53. The fraction of sp³-hybridized carbons (Fsp3) is 0.625. The number of nitrogens with one attached hydrogen (secondary N) is 1. The van der Waals surface area contributed by atoms with Crippen molar-refractivity contribution in [2.24, 2.45) is 0 Å². The van der Waals surface area contributed by atoms with Crippen LogP contribution in [0.25, 0.3) is 0 Å². The van der Waals surface area contributed by atoms with Crippen molar-refractivity contribution in [2.75, 3.05) is 19.8 Å². The molecule has 0 atom stereocenters. The zero-order chi connectivity index (χ0) is 12.2. The number of halogens is 1. The molecule has 1 aromatic rings. The molecule has 92 valence electrons. The maximum Gasteiger partial charge on any atom is 0.252 e. The van der Waals surface area contributed by atoms with Crippen molar-refractivity contribution in [3.05, 3.63) is 10.2 Å². The maximum atomic E-state index is 11.8. The van der Waals surface area contributed by atoms with E-state index in [1.54, 1.807) is 6.92 Å². The summed E-state index contributed by atoms with van der Waals surface area (Å²) in [6.45, 7) is 4.61. The van der Waals surface area contributed by atoms with E-state index in [4.69, 9.17) is 16.3 Å². The second-order valence-corrected chi connectivity index (χ2v) is 6.48. The van der Waals surface area contributed by atoms with Crippen molar-refractivity contribution in [2.45, 2.75) is 18.1 Å². The van der Waals surface area contributed by atoms with E-state index in [9.17, 15) is 8.42 Å². The van der Waals surface area contributed by atoms with Crippen molar-refractivity contribution in [1.82, 2.24) is 9.71 Å². The Morgan fingerprint density at radius 3 is 2.75 bits per heavy atom. The lowest BCUT2D eigenvalue weighted by Crippen LogP contribution is -2.27. The van der Waals surface area contributed by atoms with Gasteiger partial charge in [0.2, 0.25) is 0 Å². The molecule has 0 saturated heterocycles. The first-order valence-electron chi connectivity index (χ1n) is 4.67. The van der Waals surface area contributed by atoms with Crippen LogP contribution in [0.5, 0.6) is 0 Å². The number of nitrogens with zero attached hydrogens (tertiary/aromatic N) is 1. The number of ether oxygens (including phenoxy) is 1. The highest BCUT2D eigenvalue weighted by atomic mass is 35.5. The molecule has 0 saturated carbocycles. The molecule has 0 fully saturated rings. The molecule has 0 bridgehead atoms. The SMILES string of the molecule is CCOCCNS(=O)(=O)c1sc(Cl)nc1C. The summed E-state index contributed by atoms with van der Waals surface area (Å²) in [7, 11) is -3.51. The van der Waals surface area contributed by atoms with Crippen LogP contribution in [0, 0.1) is 6.92 Å². The van der Waals surface area contributed by atoms with E-state index < -0.39 is 10.0 Å². The Kier molecular flexibility index (Phi) is 5.13. The van der Waals surface area contributed by atoms with E-state index in [2.05, 4.69) is 9.71 Å². The van der Waals surface area contributed by atoms with Crippen LogP contribution in [0.1, 0.15) is 12.6 Å². The summed E-state index contributed by atoms with van der Waals surface area (Å²) in [5.41, 5.74) is 0.416. The van der Waals surface area contributed by atoms with E-state index in [1.807, 2.05) is 6.92 Å². The van der Waals surface area contributed by atoms with Gasteiger partial charge < -0.3 is 4.74 Å². The normalized spacial score (nSPS) is 11.9. The highest BCUT2D eigenvalue weighted by molar-refractivity contribution is 7.91. The lowest BCUT2D eigenvalue weighted by atomic mass is 10.6. The van der Waals surface area contributed by atoms with Crippen LogP contribution in [0.15, 0.2) is 4.21 Å². The molecular weight excluding hydrogens is 272 g/mol. The molecule has 0 spiro atoms. The Balaban J connectivity index is 2.67. The summed E-state index contributed by atoms with van der Waals surface area (Å²) in [6, 6.07) is 0. The summed E-state index contributed by atoms with van der Waals surface area (Å²) in [5, 5.41) is 0. The molecule has 16 heavy (non-hydrogen) atoms. The Morgan fingerprint density at radius 1 is 1.56 bits per heavy atom. The van der Waals surface area contributed by atoms with Crippen LogP contribution >= 0.6 is 22.9 Å². The molecule has 0 unspecified atom stereocenters. The minimum absolute atomic E-state index is 0.161. The van der Waals surface area contributed by atoms with Gasteiger partial charge in [0.05, 0.1) is 12.3 Å². The Labute approximate surface area is 104 Å². The Bertz CT molecular complexity index is 444. The summed E-state index contributed by atoms with van der Waals surface area (Å²) in [5.74, 6) is 0. The van der Waals surface area contributed by atoms with Gasteiger partial charge in [-0.05, 0) is 13.8 Å². The highest BCUT2D eigenvalue weighted by Gasteiger charge is 2.20. The molecule has 0 aliphatic heterocycles. The molecule has 1 N–H and O–H groups in total. The minimum atomic E-state index is -3.51. The summed E-state index contributed by atoms with van der Waals surface area (Å²) < 4.78 is 31.4. The van der Waals surface area contributed by atoms with Gasteiger partial charge in [-0.2, -0.15) is 0 Å². The van der Waals surface area contributed by atoms with E-state index in [-0.39, 0.29) is 15.2 Å². The molecule has 1 heterocycles. The summed E-state index contributed by atoms with van der Waals surface area (Å²) in [6.07, 6.45) is 0. The fourth-order valence-corrected chi connectivity index (χ4v) is 3.85. The third kappa shape index (κ3) is 3.67. The number of thiazole rings is 1. The fourth-order valence-electron chi connectivity index (χ4n) is 1.06. The first-order chi connectivity index (χ1) is 7.47. The largest absolute Gasteiger partial charge is 0.380 e. The van der Waals surface area contributed by atoms with Gasteiger partial charge in [-0.1, -0.05) is 22.9 Å². The van der Waals surface area contributed by atoms with Crippen LogP contribution in [-0.4, -0.2) is 33.2 Å². The van der Waals surface area contributed by atoms with Gasteiger partial charge >= 0.3 is 0 Å². The highest BCUT2D eigenvalue weighted by Crippen LogP contribution is 2.26. The van der Waals surface area contributed by atoms with Crippen LogP contribution in [0.3, 0.4) is 0 Å². The zero-order valence-electron chi connectivity index (χ0n) is 8.99. The molecule has 0 radical (unpaired) electrons. The van der Waals surface area contributed by atoms with Gasteiger partial charge in [0.25, 0.3) is 10.0 Å². The molecule has 1 aromatic heterocycles. The van der Waals surface area contributed by atoms with E-state index in [1.165, 1.54) is 0 Å². The molecule has 0 aromatic carbocycles. The van der Waals surface area contributed by atoms with Gasteiger partial charge in [-0.15, -0.1) is 0 Å². The summed E-state index contributed by atoms with van der Waals surface area (Å²) >= 11 is 6.59. The van der Waals surface area contributed by atoms with Crippen LogP contribution in [0.4, 0.5) is 0 Å². The molecule has 1 rings (SSSR count). The first kappa shape index (κ1) is 13.9. The smallest absolute Gasteiger partial charge is 0.252 e. The van der Waals surface area contributed by atoms with Crippen LogP contribution < -0.4 is 4.72 Å². The van der Waals surface area contributed by atoms with Gasteiger partial charge in [0.15, 0.2) is 8.68 Å². The quantitative estimate of drug-likeness (QED) is 0.802. The predicted octanol–water partition coefficient (Wildman–Crippen LogP) is 1.42. The number of aromatic nitrogens is 1. The van der Waals surface area contributed by atoms with Gasteiger partial charge in [0.1, 0.15) is 0 Å². The lowest BCUT2D eigenvalue weighted by molar-refractivity contribution is 0.153. The second kappa shape index (κ2) is 5.92. The van der Waals surface area contributed by atoms with Gasteiger partial charge in [-0.25, -0.2) is 18.1 Å². The third-order valence-corrected chi connectivity index (χ3v) is 5.05. The van der Waals surface area contributed by atoms with E-state index >= 15 is 0 Å². The van der Waals surface area contributed by atoms with Crippen LogP contribution in [0.2, 0.25) is 4.47 Å². The Hall–Kier alpha value is -0.210. The number of aryl methyl sites for hydroxylation is 1. The van der Waals surface area contributed by atoms with Crippen molar-refractivity contribution in [1.29, 1.82) is 0 Å². The number of hydrogen-bond donors (Lipinski definition) is 1. The monoisotopic (exact) mass is 284 g/mol. The number of rotatable bonds is 6. The molecular formula is C8H13ClN2O3S2. The van der Waals surface area contributed by atoms with Crippen molar-refractivity contribution in [3.63, 3.8) is 0 Å². The Morgan fingerprint density at radius 2 is 2.25 bits per heavy atom. The van der Waals surface area contributed by atoms with Crippen molar-refractivity contribution >= 4 is 33.0 Å². The number of sulfonamides is 1. The number of hydrogen-bond acceptors (Lipinski definition) is 5. The van der Waals surface area contributed by atoms with E-state index in [0.29, 0.717) is 18.9 Å². The molecule has 0 aliphatic rings. The predicted molar refractivity (Wildman–Crippen MR) is 63.5 cm³/mol.